The molecule has 160 valence electrons. The van der Waals surface area contributed by atoms with Gasteiger partial charge in [0.15, 0.2) is 0 Å². The van der Waals surface area contributed by atoms with Gasteiger partial charge in [0.25, 0.3) is 11.6 Å². The second-order valence-electron chi connectivity index (χ2n) is 6.71. The van der Waals surface area contributed by atoms with E-state index in [0.29, 0.717) is 10.1 Å². The highest BCUT2D eigenvalue weighted by Crippen LogP contribution is 2.39. The van der Waals surface area contributed by atoms with Gasteiger partial charge in [-0.3, -0.25) is 14.9 Å². The van der Waals surface area contributed by atoms with E-state index in [4.69, 9.17) is 0 Å². The number of amides is 1. The van der Waals surface area contributed by atoms with Gasteiger partial charge in [-0.2, -0.15) is 13.2 Å². The fourth-order valence-corrected chi connectivity index (χ4v) is 3.69. The largest absolute Gasteiger partial charge is 0.416 e. The van der Waals surface area contributed by atoms with E-state index in [1.165, 1.54) is 12.1 Å². The second kappa shape index (κ2) is 7.98. The summed E-state index contributed by atoms with van der Waals surface area (Å²) in [5.41, 5.74) is -1.07. The van der Waals surface area contributed by atoms with Crippen LogP contribution in [0.4, 0.5) is 24.5 Å². The quantitative estimate of drug-likeness (QED) is 0.439. The lowest BCUT2D eigenvalue weighted by atomic mass is 10.1. The Hall–Kier alpha value is -3.48. The van der Waals surface area contributed by atoms with Crippen LogP contribution in [0.3, 0.4) is 0 Å². The van der Waals surface area contributed by atoms with Crippen LogP contribution in [0.1, 0.15) is 34.8 Å². The molecule has 0 bridgehead atoms. The SMILES string of the molecule is O=C(Nc1ccc(C(F)(F)F)cc1)c1cc([N+](=O)[O-])ccc1Sc1nnnn1C1CC1. The van der Waals surface area contributed by atoms with Crippen molar-refractivity contribution in [1.82, 2.24) is 20.2 Å². The number of halogens is 3. The number of tetrazole rings is 1. The first-order valence-corrected chi connectivity index (χ1v) is 9.77. The van der Waals surface area contributed by atoms with Gasteiger partial charge in [0.05, 0.1) is 22.1 Å². The van der Waals surface area contributed by atoms with Crippen molar-refractivity contribution in [2.24, 2.45) is 0 Å². The van der Waals surface area contributed by atoms with Gasteiger partial charge in [-0.05, 0) is 65.4 Å². The first-order chi connectivity index (χ1) is 14.7. The summed E-state index contributed by atoms with van der Waals surface area (Å²) < 4.78 is 39.8. The molecule has 3 aromatic rings. The zero-order valence-electron chi connectivity index (χ0n) is 15.5. The smallest absolute Gasteiger partial charge is 0.322 e. The fraction of sp³-hybridized carbons (Fsp3) is 0.222. The number of hydrogen-bond donors (Lipinski definition) is 1. The number of aromatic nitrogens is 4. The van der Waals surface area contributed by atoms with Gasteiger partial charge in [0.1, 0.15) is 0 Å². The molecule has 1 heterocycles. The maximum Gasteiger partial charge on any atom is 0.416 e. The summed E-state index contributed by atoms with van der Waals surface area (Å²) in [6.07, 6.45) is -2.64. The normalized spacial score (nSPS) is 13.8. The van der Waals surface area contributed by atoms with E-state index < -0.39 is 22.6 Å². The highest BCUT2D eigenvalue weighted by Gasteiger charge is 2.30. The number of non-ortho nitro benzene ring substituents is 1. The van der Waals surface area contributed by atoms with Crippen LogP contribution in [0.2, 0.25) is 0 Å². The molecule has 1 aliphatic rings. The monoisotopic (exact) mass is 450 g/mol. The number of carbonyl (C=O) groups is 1. The number of hydrogen-bond acceptors (Lipinski definition) is 7. The molecule has 0 saturated heterocycles. The number of nitrogens with zero attached hydrogens (tertiary/aromatic N) is 5. The minimum absolute atomic E-state index is 0.0237. The Kier molecular flexibility index (Phi) is 5.35. The molecular formula is C18H13F3N6O3S. The van der Waals surface area contributed by atoms with Crippen molar-refractivity contribution >= 4 is 29.0 Å². The standard InChI is InChI=1S/C18H13F3N6O3S/c19-18(20,21)10-1-3-11(4-2-10)22-16(28)14-9-13(27(29)30)7-8-15(14)31-17-23-24-25-26(17)12-5-6-12/h1-4,7-9,12H,5-6H2,(H,22,28). The molecule has 0 aliphatic heterocycles. The average Bonchev–Trinajstić information content (AvgIpc) is 3.46. The number of rotatable bonds is 6. The van der Waals surface area contributed by atoms with Crippen molar-refractivity contribution in [2.45, 2.75) is 35.1 Å². The topological polar surface area (TPSA) is 116 Å². The molecule has 1 amide bonds. The molecule has 1 fully saturated rings. The summed E-state index contributed by atoms with van der Waals surface area (Å²) in [7, 11) is 0. The molecule has 0 spiro atoms. The van der Waals surface area contributed by atoms with E-state index in [1.807, 2.05) is 0 Å². The Morgan fingerprint density at radius 1 is 1.19 bits per heavy atom. The summed E-state index contributed by atoms with van der Waals surface area (Å²) in [6, 6.07) is 7.84. The first-order valence-electron chi connectivity index (χ1n) is 8.95. The van der Waals surface area contributed by atoms with Crippen molar-refractivity contribution in [3.05, 3.63) is 63.7 Å². The minimum Gasteiger partial charge on any atom is -0.322 e. The predicted molar refractivity (Wildman–Crippen MR) is 103 cm³/mol. The third-order valence-corrected chi connectivity index (χ3v) is 5.47. The molecule has 1 aromatic heterocycles. The van der Waals surface area contributed by atoms with Crippen LogP contribution >= 0.6 is 11.8 Å². The maximum atomic E-state index is 12.8. The molecule has 1 aliphatic carbocycles. The second-order valence-corrected chi connectivity index (χ2v) is 7.72. The third-order valence-electron chi connectivity index (χ3n) is 4.45. The molecule has 31 heavy (non-hydrogen) atoms. The number of carbonyl (C=O) groups excluding carboxylic acids is 1. The zero-order chi connectivity index (χ0) is 22.2. The van der Waals surface area contributed by atoms with Gasteiger partial charge >= 0.3 is 6.18 Å². The van der Waals surface area contributed by atoms with Gasteiger partial charge in [-0.15, -0.1) is 5.10 Å². The Bertz CT molecular complexity index is 1150. The molecule has 0 unspecified atom stereocenters. The number of anilines is 1. The summed E-state index contributed by atoms with van der Waals surface area (Å²) in [6.45, 7) is 0. The number of nitrogens with one attached hydrogen (secondary N) is 1. The number of alkyl halides is 3. The van der Waals surface area contributed by atoms with Crippen molar-refractivity contribution in [3.63, 3.8) is 0 Å². The Labute approximate surface area is 176 Å². The summed E-state index contributed by atoms with van der Waals surface area (Å²) >= 11 is 1.08. The van der Waals surface area contributed by atoms with E-state index in [0.717, 1.165) is 54.9 Å². The predicted octanol–water partition coefficient (Wildman–Crippen LogP) is 4.34. The molecule has 4 rings (SSSR count). The summed E-state index contributed by atoms with van der Waals surface area (Å²) in [5.74, 6) is -0.712. The Morgan fingerprint density at radius 2 is 1.90 bits per heavy atom. The van der Waals surface area contributed by atoms with Crippen LogP contribution in [0.5, 0.6) is 0 Å². The minimum atomic E-state index is -4.50. The highest BCUT2D eigenvalue weighted by molar-refractivity contribution is 7.99. The average molecular weight is 450 g/mol. The van der Waals surface area contributed by atoms with Crippen molar-refractivity contribution in [1.29, 1.82) is 0 Å². The molecule has 13 heteroatoms. The zero-order valence-corrected chi connectivity index (χ0v) is 16.4. The molecule has 1 N–H and O–H groups in total. The molecule has 0 radical (unpaired) electrons. The van der Waals surface area contributed by atoms with Gasteiger partial charge in [-0.1, -0.05) is 0 Å². The Balaban J connectivity index is 1.61. The Morgan fingerprint density at radius 3 is 2.52 bits per heavy atom. The molecular weight excluding hydrogens is 437 g/mol. The van der Waals surface area contributed by atoms with E-state index in [-0.39, 0.29) is 23.0 Å². The number of nitro groups is 1. The van der Waals surface area contributed by atoms with Gasteiger partial charge in [0.2, 0.25) is 5.16 Å². The van der Waals surface area contributed by atoms with Crippen molar-refractivity contribution < 1.29 is 22.9 Å². The molecule has 1 saturated carbocycles. The van der Waals surface area contributed by atoms with E-state index in [2.05, 4.69) is 20.8 Å². The lowest BCUT2D eigenvalue weighted by Crippen LogP contribution is -2.14. The summed E-state index contributed by atoms with van der Waals surface area (Å²) in [4.78, 5) is 23.7. The third kappa shape index (κ3) is 4.66. The number of benzene rings is 2. The van der Waals surface area contributed by atoms with Crippen LogP contribution in [-0.2, 0) is 6.18 Å². The lowest BCUT2D eigenvalue weighted by molar-refractivity contribution is -0.384. The van der Waals surface area contributed by atoms with Crippen molar-refractivity contribution in [2.75, 3.05) is 5.32 Å². The van der Waals surface area contributed by atoms with Crippen LogP contribution in [-0.4, -0.2) is 31.0 Å². The van der Waals surface area contributed by atoms with Gasteiger partial charge < -0.3 is 5.32 Å². The summed E-state index contributed by atoms with van der Waals surface area (Å²) in [5, 5.41) is 25.6. The maximum absolute atomic E-state index is 12.8. The van der Waals surface area contributed by atoms with E-state index >= 15 is 0 Å². The lowest BCUT2D eigenvalue weighted by Gasteiger charge is -2.11. The van der Waals surface area contributed by atoms with Crippen LogP contribution < -0.4 is 5.32 Å². The van der Waals surface area contributed by atoms with E-state index in [9.17, 15) is 28.1 Å². The van der Waals surface area contributed by atoms with Gasteiger partial charge in [-0.25, -0.2) is 4.68 Å². The molecule has 0 atom stereocenters. The molecule has 2 aromatic carbocycles. The van der Waals surface area contributed by atoms with Crippen LogP contribution in [0.25, 0.3) is 0 Å². The highest BCUT2D eigenvalue weighted by atomic mass is 32.2. The fourth-order valence-electron chi connectivity index (χ4n) is 2.74. The number of nitro benzene ring substituents is 1. The van der Waals surface area contributed by atoms with E-state index in [1.54, 1.807) is 4.68 Å². The molecule has 9 nitrogen and oxygen atoms in total. The van der Waals surface area contributed by atoms with Crippen LogP contribution in [0.15, 0.2) is 52.5 Å². The first kappa shape index (κ1) is 20.8. The van der Waals surface area contributed by atoms with Gasteiger partial charge in [0, 0.05) is 22.7 Å². The van der Waals surface area contributed by atoms with Crippen molar-refractivity contribution in [3.8, 4) is 0 Å². The van der Waals surface area contributed by atoms with Crippen LogP contribution in [0, 0.1) is 10.1 Å².